The summed E-state index contributed by atoms with van der Waals surface area (Å²) in [6, 6.07) is 3.16. The molecule has 20 heavy (non-hydrogen) atoms. The summed E-state index contributed by atoms with van der Waals surface area (Å²) >= 11 is 0. The normalized spacial score (nSPS) is 11.2. The summed E-state index contributed by atoms with van der Waals surface area (Å²) in [6.07, 6.45) is 2.80. The van der Waals surface area contributed by atoms with Crippen molar-refractivity contribution in [3.05, 3.63) is 40.7 Å². The molecule has 0 spiro atoms. The maximum atomic E-state index is 12.1. The van der Waals surface area contributed by atoms with E-state index >= 15 is 0 Å². The summed E-state index contributed by atoms with van der Waals surface area (Å²) in [4.78, 5) is 9.70. The summed E-state index contributed by atoms with van der Waals surface area (Å²) in [5, 5.41) is 14.4. The highest BCUT2D eigenvalue weighted by Crippen LogP contribution is 2.25. The predicted octanol–water partition coefficient (Wildman–Crippen LogP) is 0.711. The number of rotatable bonds is 4. The fourth-order valence-corrected chi connectivity index (χ4v) is 2.72. The molecule has 0 saturated carbocycles. The number of nitrogens with zero attached hydrogens (tertiary/aromatic N) is 3. The molecule has 10 heteroatoms. The van der Waals surface area contributed by atoms with E-state index in [1.807, 2.05) is 0 Å². The van der Waals surface area contributed by atoms with Crippen LogP contribution in [-0.2, 0) is 17.1 Å². The lowest BCUT2D eigenvalue weighted by Gasteiger charge is -2.08. The van der Waals surface area contributed by atoms with Crippen molar-refractivity contribution in [2.45, 2.75) is 4.90 Å². The SMILES string of the molecule is Cn1cc(NS(=O)(=O)c2ccc([N+](=O)[O-])cc2N)cn1. The first-order valence-electron chi connectivity index (χ1n) is 5.35. The third-order valence-corrected chi connectivity index (χ3v) is 3.91. The molecule has 0 amide bonds. The smallest absolute Gasteiger partial charge is 0.271 e. The summed E-state index contributed by atoms with van der Waals surface area (Å²) in [7, 11) is -2.29. The number of hydrogen-bond donors (Lipinski definition) is 2. The number of nitrogen functional groups attached to an aromatic ring is 1. The van der Waals surface area contributed by atoms with Gasteiger partial charge >= 0.3 is 0 Å². The Morgan fingerprint density at radius 3 is 2.65 bits per heavy atom. The number of aryl methyl sites for hydroxylation is 1. The van der Waals surface area contributed by atoms with Gasteiger partial charge in [0, 0.05) is 25.4 Å². The lowest BCUT2D eigenvalue weighted by molar-refractivity contribution is -0.384. The number of aromatic nitrogens is 2. The van der Waals surface area contributed by atoms with Gasteiger partial charge in [-0.3, -0.25) is 19.5 Å². The summed E-state index contributed by atoms with van der Waals surface area (Å²) in [5.41, 5.74) is 5.35. The molecule has 0 aliphatic carbocycles. The number of benzene rings is 1. The van der Waals surface area contributed by atoms with Gasteiger partial charge in [-0.15, -0.1) is 0 Å². The minimum atomic E-state index is -3.92. The number of nitro benzene ring substituents is 1. The molecule has 0 aliphatic rings. The molecule has 0 fully saturated rings. The van der Waals surface area contributed by atoms with E-state index in [0.717, 1.165) is 18.2 Å². The summed E-state index contributed by atoms with van der Waals surface area (Å²) in [5.74, 6) is 0. The minimum absolute atomic E-state index is 0.199. The van der Waals surface area contributed by atoms with Crippen LogP contribution in [-0.4, -0.2) is 23.1 Å². The first kappa shape index (κ1) is 13.8. The van der Waals surface area contributed by atoms with E-state index in [-0.39, 0.29) is 22.0 Å². The second kappa shape index (κ2) is 4.81. The first-order valence-corrected chi connectivity index (χ1v) is 6.83. The highest BCUT2D eigenvalue weighted by Gasteiger charge is 2.20. The Morgan fingerprint density at radius 2 is 2.15 bits per heavy atom. The van der Waals surface area contributed by atoms with Crippen LogP contribution in [0.15, 0.2) is 35.5 Å². The van der Waals surface area contributed by atoms with Crippen LogP contribution in [0.2, 0.25) is 0 Å². The van der Waals surface area contributed by atoms with Crippen LogP contribution in [0.4, 0.5) is 17.1 Å². The Balaban J connectivity index is 2.37. The highest BCUT2D eigenvalue weighted by atomic mass is 32.2. The fraction of sp³-hybridized carbons (Fsp3) is 0.100. The van der Waals surface area contributed by atoms with E-state index < -0.39 is 14.9 Å². The predicted molar refractivity (Wildman–Crippen MR) is 71.5 cm³/mol. The monoisotopic (exact) mass is 297 g/mol. The number of nitrogens with two attached hydrogens (primary N) is 1. The molecular formula is C10H11N5O4S. The molecule has 0 aliphatic heterocycles. The Labute approximate surface area is 114 Å². The molecule has 2 aromatic rings. The molecule has 3 N–H and O–H groups in total. The lowest BCUT2D eigenvalue weighted by atomic mass is 10.3. The molecule has 1 aromatic carbocycles. The zero-order valence-electron chi connectivity index (χ0n) is 10.3. The van der Waals surface area contributed by atoms with Gasteiger partial charge in [0.2, 0.25) is 0 Å². The highest BCUT2D eigenvalue weighted by molar-refractivity contribution is 7.92. The van der Waals surface area contributed by atoms with Gasteiger partial charge in [-0.2, -0.15) is 5.10 Å². The standard InChI is InChI=1S/C10H11N5O4S/c1-14-6-7(5-12-14)13-20(18,19)10-3-2-8(15(16)17)4-9(10)11/h2-6,13H,11H2,1H3. The van der Waals surface area contributed by atoms with Crippen molar-refractivity contribution >= 4 is 27.1 Å². The molecule has 0 unspecified atom stereocenters. The van der Waals surface area contributed by atoms with Gasteiger partial charge in [-0.1, -0.05) is 0 Å². The lowest BCUT2D eigenvalue weighted by Crippen LogP contribution is -2.14. The number of nitro groups is 1. The molecule has 0 bridgehead atoms. The maximum Gasteiger partial charge on any atom is 0.271 e. The Kier molecular flexibility index (Phi) is 3.32. The van der Waals surface area contributed by atoms with Gasteiger partial charge in [0.05, 0.1) is 22.5 Å². The number of anilines is 2. The molecule has 106 valence electrons. The molecule has 1 heterocycles. The number of nitrogens with one attached hydrogen (secondary N) is 1. The van der Waals surface area contributed by atoms with Gasteiger partial charge in [-0.25, -0.2) is 8.42 Å². The van der Waals surface area contributed by atoms with Crippen molar-refractivity contribution < 1.29 is 13.3 Å². The molecule has 9 nitrogen and oxygen atoms in total. The number of sulfonamides is 1. The fourth-order valence-electron chi connectivity index (χ4n) is 1.58. The number of hydrogen-bond acceptors (Lipinski definition) is 6. The second-order valence-corrected chi connectivity index (χ2v) is 5.64. The van der Waals surface area contributed by atoms with E-state index in [4.69, 9.17) is 5.73 Å². The van der Waals surface area contributed by atoms with Crippen molar-refractivity contribution in [3.8, 4) is 0 Å². The number of non-ortho nitro benzene ring substituents is 1. The average molecular weight is 297 g/mol. The minimum Gasteiger partial charge on any atom is -0.397 e. The topological polar surface area (TPSA) is 133 Å². The van der Waals surface area contributed by atoms with E-state index in [0.29, 0.717) is 0 Å². The van der Waals surface area contributed by atoms with Gasteiger partial charge < -0.3 is 5.73 Å². The van der Waals surface area contributed by atoms with Crippen LogP contribution in [0.25, 0.3) is 0 Å². The van der Waals surface area contributed by atoms with E-state index in [9.17, 15) is 18.5 Å². The zero-order chi connectivity index (χ0) is 14.9. The van der Waals surface area contributed by atoms with Crippen LogP contribution in [0.5, 0.6) is 0 Å². The van der Waals surface area contributed by atoms with Crippen molar-refractivity contribution in [2.75, 3.05) is 10.5 Å². The van der Waals surface area contributed by atoms with Crippen LogP contribution < -0.4 is 10.5 Å². The Bertz CT molecular complexity index is 768. The van der Waals surface area contributed by atoms with Crippen molar-refractivity contribution in [3.63, 3.8) is 0 Å². The van der Waals surface area contributed by atoms with Crippen LogP contribution in [0.3, 0.4) is 0 Å². The molecule has 2 rings (SSSR count). The van der Waals surface area contributed by atoms with Crippen molar-refractivity contribution in [2.24, 2.45) is 7.05 Å². The van der Waals surface area contributed by atoms with Crippen LogP contribution >= 0.6 is 0 Å². The summed E-state index contributed by atoms with van der Waals surface area (Å²) < 4.78 is 27.9. The quantitative estimate of drug-likeness (QED) is 0.485. The van der Waals surface area contributed by atoms with Crippen molar-refractivity contribution in [1.29, 1.82) is 0 Å². The van der Waals surface area contributed by atoms with Gasteiger partial charge in [-0.05, 0) is 6.07 Å². The molecular weight excluding hydrogens is 286 g/mol. The molecule has 0 atom stereocenters. The average Bonchev–Trinajstić information content (AvgIpc) is 2.73. The van der Waals surface area contributed by atoms with Crippen molar-refractivity contribution in [1.82, 2.24) is 9.78 Å². The van der Waals surface area contributed by atoms with Gasteiger partial charge in [0.1, 0.15) is 4.90 Å². The first-order chi connectivity index (χ1) is 9.29. The maximum absolute atomic E-state index is 12.1. The second-order valence-electron chi connectivity index (χ2n) is 3.99. The van der Waals surface area contributed by atoms with Gasteiger partial charge in [0.15, 0.2) is 0 Å². The Morgan fingerprint density at radius 1 is 1.45 bits per heavy atom. The van der Waals surface area contributed by atoms with E-state index in [2.05, 4.69) is 9.82 Å². The molecule has 0 radical (unpaired) electrons. The molecule has 1 aromatic heterocycles. The summed E-state index contributed by atoms with van der Waals surface area (Å²) in [6.45, 7) is 0. The van der Waals surface area contributed by atoms with Crippen LogP contribution in [0.1, 0.15) is 0 Å². The third-order valence-electron chi connectivity index (χ3n) is 2.45. The van der Waals surface area contributed by atoms with Gasteiger partial charge in [0.25, 0.3) is 15.7 Å². The Hall–Kier alpha value is -2.62. The van der Waals surface area contributed by atoms with Crippen LogP contribution in [0, 0.1) is 10.1 Å². The largest absolute Gasteiger partial charge is 0.397 e. The third kappa shape index (κ3) is 2.69. The van der Waals surface area contributed by atoms with E-state index in [1.54, 1.807) is 7.05 Å². The van der Waals surface area contributed by atoms with E-state index in [1.165, 1.54) is 17.1 Å². The zero-order valence-corrected chi connectivity index (χ0v) is 11.2. The molecule has 0 saturated heterocycles.